The number of carbonyl (C=O) groups is 1. The molecule has 0 atom stereocenters. The molecule has 0 aliphatic heterocycles. The number of fused-ring (bicyclic) bond motifs is 1. The number of urea groups is 1. The van der Waals surface area contributed by atoms with E-state index in [9.17, 15) is 9.59 Å². The number of benzene rings is 1. The van der Waals surface area contributed by atoms with Gasteiger partial charge in [0.1, 0.15) is 5.82 Å². The molecule has 0 saturated heterocycles. The van der Waals surface area contributed by atoms with Gasteiger partial charge in [0, 0.05) is 13.6 Å². The second-order valence-electron chi connectivity index (χ2n) is 5.47. The van der Waals surface area contributed by atoms with Crippen molar-refractivity contribution in [2.24, 2.45) is 5.92 Å². The van der Waals surface area contributed by atoms with Crippen molar-refractivity contribution in [3.8, 4) is 0 Å². The second kappa shape index (κ2) is 6.39. The summed E-state index contributed by atoms with van der Waals surface area (Å²) in [6.07, 6.45) is 0. The normalized spacial score (nSPS) is 10.9. The fourth-order valence-corrected chi connectivity index (χ4v) is 1.93. The average molecular weight is 288 g/mol. The number of aromatic amines is 1. The first-order chi connectivity index (χ1) is 9.97. The summed E-state index contributed by atoms with van der Waals surface area (Å²) in [5.41, 5.74) is 0.443. The maximum absolute atomic E-state index is 12.0. The van der Waals surface area contributed by atoms with Crippen molar-refractivity contribution in [1.82, 2.24) is 20.2 Å². The first-order valence-electron chi connectivity index (χ1n) is 6.94. The zero-order valence-electron chi connectivity index (χ0n) is 12.5. The summed E-state index contributed by atoms with van der Waals surface area (Å²) >= 11 is 0. The van der Waals surface area contributed by atoms with Gasteiger partial charge in [-0.2, -0.15) is 0 Å². The van der Waals surface area contributed by atoms with Gasteiger partial charge in [0.2, 0.25) is 0 Å². The largest absolute Gasteiger partial charge is 0.338 e. The van der Waals surface area contributed by atoms with Gasteiger partial charge in [0.15, 0.2) is 0 Å². The number of hydrogen-bond donors (Lipinski definition) is 2. The fraction of sp³-hybridized carbons (Fsp3) is 0.400. The van der Waals surface area contributed by atoms with E-state index < -0.39 is 0 Å². The molecule has 0 aliphatic carbocycles. The van der Waals surface area contributed by atoms with Crippen LogP contribution in [0.4, 0.5) is 4.79 Å². The molecular formula is C15H20N4O2. The van der Waals surface area contributed by atoms with Crippen LogP contribution in [-0.4, -0.2) is 34.5 Å². The molecular weight excluding hydrogens is 268 g/mol. The number of rotatable bonds is 4. The molecule has 0 spiro atoms. The molecule has 2 N–H and O–H groups in total. The van der Waals surface area contributed by atoms with E-state index in [2.05, 4.69) is 15.3 Å². The second-order valence-corrected chi connectivity index (χ2v) is 5.47. The summed E-state index contributed by atoms with van der Waals surface area (Å²) < 4.78 is 0. The van der Waals surface area contributed by atoms with Gasteiger partial charge in [0.05, 0.1) is 17.4 Å². The van der Waals surface area contributed by atoms with Crippen LogP contribution in [0, 0.1) is 5.92 Å². The molecule has 0 bridgehead atoms. The quantitative estimate of drug-likeness (QED) is 0.899. The molecule has 0 fully saturated rings. The van der Waals surface area contributed by atoms with Gasteiger partial charge in [-0.25, -0.2) is 9.78 Å². The molecule has 1 aromatic heterocycles. The van der Waals surface area contributed by atoms with Crippen LogP contribution in [0.3, 0.4) is 0 Å². The molecule has 1 aromatic carbocycles. The van der Waals surface area contributed by atoms with Gasteiger partial charge in [-0.15, -0.1) is 0 Å². The highest BCUT2D eigenvalue weighted by molar-refractivity contribution is 5.77. The minimum Gasteiger partial charge on any atom is -0.338 e. The van der Waals surface area contributed by atoms with Gasteiger partial charge < -0.3 is 15.2 Å². The summed E-state index contributed by atoms with van der Waals surface area (Å²) in [6, 6.07) is 6.96. The highest BCUT2D eigenvalue weighted by Gasteiger charge is 2.11. The summed E-state index contributed by atoms with van der Waals surface area (Å²) in [7, 11) is 1.67. The summed E-state index contributed by atoms with van der Waals surface area (Å²) in [5.74, 6) is 0.863. The molecule has 0 aliphatic rings. The molecule has 6 heteroatoms. The fourth-order valence-electron chi connectivity index (χ4n) is 1.93. The standard InChI is InChI=1S/C15H20N4O2/c1-10(2)8-16-15(21)19(3)9-13-17-12-7-5-4-6-11(12)14(20)18-13/h4-7,10H,8-9H2,1-3H3,(H,16,21)(H,17,18,20). The molecule has 112 valence electrons. The molecule has 2 amide bonds. The predicted octanol–water partition coefficient (Wildman–Crippen LogP) is 1.72. The van der Waals surface area contributed by atoms with Crippen molar-refractivity contribution in [1.29, 1.82) is 0 Å². The molecule has 0 unspecified atom stereocenters. The Balaban J connectivity index is 2.12. The molecule has 6 nitrogen and oxygen atoms in total. The first kappa shape index (κ1) is 15.0. The van der Waals surface area contributed by atoms with E-state index in [-0.39, 0.29) is 18.1 Å². The van der Waals surface area contributed by atoms with Crippen LogP contribution >= 0.6 is 0 Å². The number of amides is 2. The van der Waals surface area contributed by atoms with Crippen molar-refractivity contribution in [2.45, 2.75) is 20.4 Å². The maximum atomic E-state index is 12.0. The van der Waals surface area contributed by atoms with Crippen LogP contribution in [0.5, 0.6) is 0 Å². The van der Waals surface area contributed by atoms with Crippen molar-refractivity contribution < 1.29 is 4.79 Å². The van der Waals surface area contributed by atoms with Crippen LogP contribution in [0.1, 0.15) is 19.7 Å². The number of hydrogen-bond acceptors (Lipinski definition) is 3. The number of nitrogens with zero attached hydrogens (tertiary/aromatic N) is 2. The minimum absolute atomic E-state index is 0.181. The Morgan fingerprint density at radius 2 is 2.10 bits per heavy atom. The molecule has 2 aromatic rings. The van der Waals surface area contributed by atoms with Crippen LogP contribution in [0.25, 0.3) is 10.9 Å². The summed E-state index contributed by atoms with van der Waals surface area (Å²) in [5, 5.41) is 3.37. The zero-order valence-corrected chi connectivity index (χ0v) is 12.5. The zero-order chi connectivity index (χ0) is 15.4. The van der Waals surface area contributed by atoms with Gasteiger partial charge in [-0.1, -0.05) is 26.0 Å². The van der Waals surface area contributed by atoms with E-state index >= 15 is 0 Å². The lowest BCUT2D eigenvalue weighted by molar-refractivity contribution is 0.204. The van der Waals surface area contributed by atoms with Crippen molar-refractivity contribution in [3.05, 3.63) is 40.4 Å². The van der Waals surface area contributed by atoms with Crippen LogP contribution in [0.15, 0.2) is 29.1 Å². The van der Waals surface area contributed by atoms with Crippen molar-refractivity contribution in [3.63, 3.8) is 0 Å². The van der Waals surface area contributed by atoms with Crippen LogP contribution < -0.4 is 10.9 Å². The van der Waals surface area contributed by atoms with E-state index in [4.69, 9.17) is 0 Å². The highest BCUT2D eigenvalue weighted by Crippen LogP contribution is 2.06. The Bertz CT molecular complexity index is 693. The van der Waals surface area contributed by atoms with E-state index in [0.29, 0.717) is 29.2 Å². The lowest BCUT2D eigenvalue weighted by Gasteiger charge is -2.18. The van der Waals surface area contributed by atoms with Crippen molar-refractivity contribution in [2.75, 3.05) is 13.6 Å². The van der Waals surface area contributed by atoms with Gasteiger partial charge in [-0.05, 0) is 18.1 Å². The number of para-hydroxylation sites is 1. The van der Waals surface area contributed by atoms with Gasteiger partial charge >= 0.3 is 6.03 Å². The first-order valence-corrected chi connectivity index (χ1v) is 6.94. The molecule has 0 radical (unpaired) electrons. The average Bonchev–Trinajstić information content (AvgIpc) is 2.44. The Kier molecular flexibility index (Phi) is 4.57. The third-order valence-corrected chi connectivity index (χ3v) is 3.06. The molecule has 1 heterocycles. The Morgan fingerprint density at radius 3 is 2.81 bits per heavy atom. The van der Waals surface area contributed by atoms with Gasteiger partial charge in [-0.3, -0.25) is 4.79 Å². The SMILES string of the molecule is CC(C)CNC(=O)N(C)Cc1nc2ccccc2c(=O)[nH]1. The Hall–Kier alpha value is -2.37. The number of aromatic nitrogens is 2. The lowest BCUT2D eigenvalue weighted by Crippen LogP contribution is -2.39. The smallest absolute Gasteiger partial charge is 0.317 e. The number of carbonyl (C=O) groups excluding carboxylic acids is 1. The predicted molar refractivity (Wildman–Crippen MR) is 82.1 cm³/mol. The van der Waals surface area contributed by atoms with E-state index in [1.165, 1.54) is 4.90 Å². The topological polar surface area (TPSA) is 78.1 Å². The minimum atomic E-state index is -0.188. The third kappa shape index (κ3) is 3.81. The van der Waals surface area contributed by atoms with Crippen LogP contribution in [-0.2, 0) is 6.54 Å². The molecule has 0 saturated carbocycles. The molecule has 2 rings (SSSR count). The van der Waals surface area contributed by atoms with E-state index in [1.54, 1.807) is 25.2 Å². The van der Waals surface area contributed by atoms with E-state index in [1.807, 2.05) is 19.9 Å². The highest BCUT2D eigenvalue weighted by atomic mass is 16.2. The summed E-state index contributed by atoms with van der Waals surface area (Å²) in [4.78, 5) is 32.4. The monoisotopic (exact) mass is 288 g/mol. The van der Waals surface area contributed by atoms with Crippen molar-refractivity contribution >= 4 is 16.9 Å². The number of nitrogens with one attached hydrogen (secondary N) is 2. The van der Waals surface area contributed by atoms with Crippen LogP contribution in [0.2, 0.25) is 0 Å². The van der Waals surface area contributed by atoms with E-state index in [0.717, 1.165) is 0 Å². The lowest BCUT2D eigenvalue weighted by atomic mass is 10.2. The maximum Gasteiger partial charge on any atom is 0.317 e. The Morgan fingerprint density at radius 1 is 1.38 bits per heavy atom. The third-order valence-electron chi connectivity index (χ3n) is 3.06. The summed E-state index contributed by atoms with van der Waals surface area (Å²) in [6.45, 7) is 4.93. The molecule has 21 heavy (non-hydrogen) atoms. The van der Waals surface area contributed by atoms with Gasteiger partial charge in [0.25, 0.3) is 5.56 Å². The Labute approximate surface area is 123 Å². The number of H-pyrrole nitrogens is 1.